The Hall–Kier alpha value is -1.88. The topological polar surface area (TPSA) is 59.8 Å². The molecule has 1 unspecified atom stereocenters. The van der Waals surface area contributed by atoms with Crippen LogP contribution in [0.15, 0.2) is 24.3 Å². The summed E-state index contributed by atoms with van der Waals surface area (Å²) in [6.07, 6.45) is -0.677. The molecule has 0 aliphatic carbocycles. The SMILES string of the molecule is CCOC(=O)NC(=O)C[NH+](CC)Cc1ccccc1C. The molecule has 0 fully saturated rings. The van der Waals surface area contributed by atoms with Crippen LogP contribution in [0.2, 0.25) is 0 Å². The molecule has 2 N–H and O–H groups in total. The van der Waals surface area contributed by atoms with Crippen molar-refractivity contribution in [2.75, 3.05) is 19.7 Å². The fourth-order valence-electron chi connectivity index (χ4n) is 1.94. The highest BCUT2D eigenvalue weighted by Gasteiger charge is 2.16. The van der Waals surface area contributed by atoms with Gasteiger partial charge in [0.05, 0.1) is 13.2 Å². The summed E-state index contributed by atoms with van der Waals surface area (Å²) in [6.45, 7) is 7.86. The van der Waals surface area contributed by atoms with Gasteiger partial charge in [0.2, 0.25) is 0 Å². The normalized spacial score (nSPS) is 11.8. The molecule has 0 aliphatic rings. The van der Waals surface area contributed by atoms with E-state index in [1.165, 1.54) is 11.1 Å². The van der Waals surface area contributed by atoms with E-state index in [0.29, 0.717) is 0 Å². The first-order valence-electron chi connectivity index (χ1n) is 6.91. The third-order valence-corrected chi connectivity index (χ3v) is 3.13. The van der Waals surface area contributed by atoms with E-state index >= 15 is 0 Å². The van der Waals surface area contributed by atoms with Gasteiger partial charge in [0, 0.05) is 5.56 Å². The maximum atomic E-state index is 11.7. The molecule has 1 atom stereocenters. The number of ether oxygens (including phenoxy) is 1. The first-order valence-corrected chi connectivity index (χ1v) is 6.91. The quantitative estimate of drug-likeness (QED) is 0.805. The highest BCUT2D eigenvalue weighted by Crippen LogP contribution is 2.04. The number of rotatable bonds is 6. The number of carbonyl (C=O) groups excluding carboxylic acids is 2. The smallest absolute Gasteiger partial charge is 0.414 e. The first-order chi connectivity index (χ1) is 9.56. The van der Waals surface area contributed by atoms with Crippen LogP contribution in [-0.4, -0.2) is 31.7 Å². The Labute approximate surface area is 119 Å². The van der Waals surface area contributed by atoms with Crippen LogP contribution in [0.25, 0.3) is 0 Å². The maximum absolute atomic E-state index is 11.7. The van der Waals surface area contributed by atoms with Crippen molar-refractivity contribution in [3.05, 3.63) is 35.4 Å². The molecular formula is C15H23N2O3+. The molecule has 0 radical (unpaired) electrons. The monoisotopic (exact) mass is 279 g/mol. The van der Waals surface area contributed by atoms with Crippen LogP contribution in [0.5, 0.6) is 0 Å². The second-order valence-corrected chi connectivity index (χ2v) is 4.65. The van der Waals surface area contributed by atoms with E-state index in [-0.39, 0.29) is 19.1 Å². The number of benzene rings is 1. The standard InChI is InChI=1S/C15H22N2O3/c1-4-17(10-13-9-7-6-8-12(13)3)11-14(18)16-15(19)20-5-2/h6-9H,4-5,10-11H2,1-3H3,(H,16,18,19)/p+1. The van der Waals surface area contributed by atoms with Crippen molar-refractivity contribution in [3.63, 3.8) is 0 Å². The van der Waals surface area contributed by atoms with Crippen LogP contribution in [0.1, 0.15) is 25.0 Å². The van der Waals surface area contributed by atoms with E-state index in [9.17, 15) is 9.59 Å². The van der Waals surface area contributed by atoms with E-state index < -0.39 is 6.09 Å². The lowest BCUT2D eigenvalue weighted by molar-refractivity contribution is -0.904. The fraction of sp³-hybridized carbons (Fsp3) is 0.467. The lowest BCUT2D eigenvalue weighted by Gasteiger charge is -2.18. The molecule has 20 heavy (non-hydrogen) atoms. The van der Waals surface area contributed by atoms with Crippen molar-refractivity contribution >= 4 is 12.0 Å². The molecule has 0 bridgehead atoms. The number of alkyl carbamates (subject to hydrolysis) is 1. The van der Waals surface area contributed by atoms with Gasteiger partial charge in [-0.2, -0.15) is 0 Å². The van der Waals surface area contributed by atoms with Gasteiger partial charge in [0.25, 0.3) is 5.91 Å². The molecule has 5 heteroatoms. The average Bonchev–Trinajstić information content (AvgIpc) is 2.40. The van der Waals surface area contributed by atoms with Crippen molar-refractivity contribution in [1.82, 2.24) is 5.32 Å². The highest BCUT2D eigenvalue weighted by molar-refractivity contribution is 5.92. The lowest BCUT2D eigenvalue weighted by atomic mass is 10.1. The molecule has 0 aromatic heterocycles. The number of amides is 2. The molecule has 1 rings (SSSR count). The minimum Gasteiger partial charge on any atom is -0.450 e. The zero-order valence-electron chi connectivity index (χ0n) is 12.4. The molecule has 0 saturated heterocycles. The molecule has 1 aromatic rings. The molecule has 5 nitrogen and oxygen atoms in total. The molecule has 0 spiro atoms. The summed E-state index contributed by atoms with van der Waals surface area (Å²) in [5.74, 6) is -0.311. The van der Waals surface area contributed by atoms with Gasteiger partial charge in [-0.25, -0.2) is 4.79 Å². The minimum absolute atomic E-state index is 0.254. The molecule has 0 heterocycles. The first kappa shape index (κ1) is 16.2. The Morgan fingerprint density at radius 1 is 1.25 bits per heavy atom. The van der Waals surface area contributed by atoms with Gasteiger partial charge in [-0.3, -0.25) is 10.1 Å². The molecule has 2 amide bonds. The van der Waals surface area contributed by atoms with Crippen molar-refractivity contribution in [2.45, 2.75) is 27.3 Å². The predicted octanol–water partition coefficient (Wildman–Crippen LogP) is 0.673. The number of carbonyl (C=O) groups is 2. The van der Waals surface area contributed by atoms with E-state index in [1.54, 1.807) is 6.92 Å². The largest absolute Gasteiger partial charge is 0.450 e. The van der Waals surface area contributed by atoms with Crippen molar-refractivity contribution in [2.24, 2.45) is 0 Å². The predicted molar refractivity (Wildman–Crippen MR) is 76.4 cm³/mol. The van der Waals surface area contributed by atoms with Gasteiger partial charge in [0.15, 0.2) is 6.54 Å². The van der Waals surface area contributed by atoms with Gasteiger partial charge >= 0.3 is 6.09 Å². The Balaban J connectivity index is 2.53. The highest BCUT2D eigenvalue weighted by atomic mass is 16.5. The van der Waals surface area contributed by atoms with E-state index in [4.69, 9.17) is 0 Å². The average molecular weight is 279 g/mol. The zero-order valence-corrected chi connectivity index (χ0v) is 12.4. The number of aryl methyl sites for hydroxylation is 1. The number of nitrogens with one attached hydrogen (secondary N) is 2. The fourth-order valence-corrected chi connectivity index (χ4v) is 1.94. The lowest BCUT2D eigenvalue weighted by Crippen LogP contribution is -3.11. The van der Waals surface area contributed by atoms with Crippen LogP contribution in [0, 0.1) is 6.92 Å². The summed E-state index contributed by atoms with van der Waals surface area (Å²) in [6, 6.07) is 8.11. The third kappa shape index (κ3) is 5.40. The number of hydrogen-bond donors (Lipinski definition) is 2. The number of quaternary nitrogens is 1. The van der Waals surface area contributed by atoms with Gasteiger partial charge in [-0.1, -0.05) is 24.3 Å². The summed E-state index contributed by atoms with van der Waals surface area (Å²) >= 11 is 0. The summed E-state index contributed by atoms with van der Waals surface area (Å²) in [5, 5.41) is 2.23. The summed E-state index contributed by atoms with van der Waals surface area (Å²) in [4.78, 5) is 24.0. The second kappa shape index (κ2) is 8.32. The Morgan fingerprint density at radius 3 is 2.55 bits per heavy atom. The summed E-state index contributed by atoms with van der Waals surface area (Å²) in [7, 11) is 0. The number of hydrogen-bond acceptors (Lipinski definition) is 3. The molecule has 1 aromatic carbocycles. The molecule has 0 aliphatic heterocycles. The van der Waals surface area contributed by atoms with Crippen LogP contribution < -0.4 is 10.2 Å². The minimum atomic E-state index is -0.677. The Morgan fingerprint density at radius 2 is 1.95 bits per heavy atom. The van der Waals surface area contributed by atoms with Gasteiger partial charge in [0.1, 0.15) is 6.54 Å². The van der Waals surface area contributed by atoms with E-state index in [2.05, 4.69) is 29.1 Å². The van der Waals surface area contributed by atoms with Crippen LogP contribution in [0.4, 0.5) is 4.79 Å². The van der Waals surface area contributed by atoms with E-state index in [1.807, 2.05) is 19.1 Å². The van der Waals surface area contributed by atoms with Crippen molar-refractivity contribution < 1.29 is 19.2 Å². The number of likely N-dealkylation sites (N-methyl/N-ethyl adjacent to an activating group) is 1. The van der Waals surface area contributed by atoms with Gasteiger partial charge in [-0.15, -0.1) is 0 Å². The second-order valence-electron chi connectivity index (χ2n) is 4.65. The van der Waals surface area contributed by atoms with E-state index in [0.717, 1.165) is 18.0 Å². The van der Waals surface area contributed by atoms with Gasteiger partial charge in [-0.05, 0) is 26.3 Å². The summed E-state index contributed by atoms with van der Waals surface area (Å²) in [5.41, 5.74) is 2.43. The number of imide groups is 1. The van der Waals surface area contributed by atoms with Gasteiger partial charge < -0.3 is 9.64 Å². The molecule has 110 valence electrons. The summed E-state index contributed by atoms with van der Waals surface area (Å²) < 4.78 is 4.68. The Bertz CT molecular complexity index is 460. The third-order valence-electron chi connectivity index (χ3n) is 3.13. The van der Waals surface area contributed by atoms with Crippen LogP contribution in [0.3, 0.4) is 0 Å². The zero-order chi connectivity index (χ0) is 15.0. The molecular weight excluding hydrogens is 256 g/mol. The van der Waals surface area contributed by atoms with Crippen molar-refractivity contribution in [3.8, 4) is 0 Å². The molecule has 0 saturated carbocycles. The van der Waals surface area contributed by atoms with Crippen LogP contribution in [-0.2, 0) is 16.1 Å². The van der Waals surface area contributed by atoms with Crippen LogP contribution >= 0.6 is 0 Å². The van der Waals surface area contributed by atoms with Crippen molar-refractivity contribution in [1.29, 1.82) is 0 Å². The maximum Gasteiger partial charge on any atom is 0.414 e. The Kier molecular flexibility index (Phi) is 6.73.